The summed E-state index contributed by atoms with van der Waals surface area (Å²) in [7, 11) is 2.15. The van der Waals surface area contributed by atoms with Crippen LogP contribution >= 0.6 is 0 Å². The van der Waals surface area contributed by atoms with E-state index in [4.69, 9.17) is 0 Å². The molecule has 1 saturated heterocycles. The highest BCUT2D eigenvalue weighted by molar-refractivity contribution is 5.72. The van der Waals surface area contributed by atoms with E-state index in [1.54, 1.807) is 18.6 Å². The van der Waals surface area contributed by atoms with Gasteiger partial charge in [-0.05, 0) is 19.2 Å². The molecule has 1 aliphatic heterocycles. The van der Waals surface area contributed by atoms with E-state index in [0.29, 0.717) is 0 Å². The molecule has 0 aliphatic carbocycles. The monoisotopic (exact) mass is 255 g/mol. The number of anilines is 1. The lowest BCUT2D eigenvalue weighted by Crippen LogP contribution is -2.45. The molecule has 2 aromatic rings. The number of likely N-dealkylation sites (N-methyl/N-ethyl adjacent to an activating group) is 1. The van der Waals surface area contributed by atoms with Crippen molar-refractivity contribution in [1.29, 1.82) is 0 Å². The van der Waals surface area contributed by atoms with E-state index in [2.05, 4.69) is 37.9 Å². The molecule has 0 unspecified atom stereocenters. The summed E-state index contributed by atoms with van der Waals surface area (Å²) in [4.78, 5) is 17.7. The van der Waals surface area contributed by atoms with Gasteiger partial charge in [-0.15, -0.1) is 0 Å². The Labute approximate surface area is 112 Å². The Hall–Kier alpha value is -2.01. The van der Waals surface area contributed by atoms with Gasteiger partial charge in [0.2, 0.25) is 0 Å². The highest BCUT2D eigenvalue weighted by Gasteiger charge is 2.18. The minimum atomic E-state index is 0.879. The fraction of sp³-hybridized carbons (Fsp3) is 0.357. The number of rotatable bonds is 2. The molecule has 3 heterocycles. The van der Waals surface area contributed by atoms with E-state index in [9.17, 15) is 0 Å². The highest BCUT2D eigenvalue weighted by Crippen LogP contribution is 2.27. The van der Waals surface area contributed by atoms with Crippen molar-refractivity contribution < 1.29 is 0 Å². The van der Waals surface area contributed by atoms with Crippen LogP contribution in [0.15, 0.2) is 36.9 Å². The smallest absolute Gasteiger partial charge is 0.138 e. The molecule has 5 heteroatoms. The number of piperazine rings is 1. The molecule has 98 valence electrons. The maximum atomic E-state index is 4.54. The maximum Gasteiger partial charge on any atom is 0.138 e. The molecular weight excluding hydrogens is 238 g/mol. The van der Waals surface area contributed by atoms with Crippen LogP contribution in [0.3, 0.4) is 0 Å². The lowest BCUT2D eigenvalue weighted by atomic mass is 10.1. The van der Waals surface area contributed by atoms with Crippen LogP contribution in [0.5, 0.6) is 0 Å². The van der Waals surface area contributed by atoms with Crippen LogP contribution in [0.25, 0.3) is 11.3 Å². The van der Waals surface area contributed by atoms with E-state index in [1.807, 2.05) is 12.3 Å². The van der Waals surface area contributed by atoms with Crippen molar-refractivity contribution in [3.05, 3.63) is 36.9 Å². The summed E-state index contributed by atoms with van der Waals surface area (Å²) in [6.45, 7) is 4.13. The molecule has 0 amide bonds. The molecule has 0 spiro atoms. The molecule has 0 aromatic carbocycles. The third-order valence-corrected chi connectivity index (χ3v) is 3.43. The van der Waals surface area contributed by atoms with Gasteiger partial charge in [-0.3, -0.25) is 9.97 Å². The van der Waals surface area contributed by atoms with Gasteiger partial charge >= 0.3 is 0 Å². The Morgan fingerprint density at radius 2 is 1.84 bits per heavy atom. The maximum absolute atomic E-state index is 4.54. The van der Waals surface area contributed by atoms with Gasteiger partial charge in [0.05, 0.1) is 11.9 Å². The minimum absolute atomic E-state index is 0.879. The normalized spacial score (nSPS) is 16.6. The number of aromatic nitrogens is 3. The second kappa shape index (κ2) is 5.32. The molecule has 0 N–H and O–H groups in total. The zero-order valence-electron chi connectivity index (χ0n) is 11.0. The average molecular weight is 255 g/mol. The first-order valence-electron chi connectivity index (χ1n) is 6.49. The van der Waals surface area contributed by atoms with Crippen LogP contribution in [0, 0.1) is 0 Å². The van der Waals surface area contributed by atoms with Crippen LogP contribution in [-0.2, 0) is 0 Å². The fourth-order valence-corrected chi connectivity index (χ4v) is 2.31. The van der Waals surface area contributed by atoms with Crippen molar-refractivity contribution in [2.75, 3.05) is 38.1 Å². The van der Waals surface area contributed by atoms with Crippen molar-refractivity contribution in [2.24, 2.45) is 0 Å². The number of pyridine rings is 1. The fourth-order valence-electron chi connectivity index (χ4n) is 2.31. The van der Waals surface area contributed by atoms with Crippen LogP contribution < -0.4 is 4.90 Å². The van der Waals surface area contributed by atoms with E-state index in [-0.39, 0.29) is 0 Å². The van der Waals surface area contributed by atoms with E-state index >= 15 is 0 Å². The minimum Gasteiger partial charge on any atom is -0.353 e. The van der Waals surface area contributed by atoms with Crippen LogP contribution in [0.4, 0.5) is 5.82 Å². The molecule has 1 fully saturated rings. The summed E-state index contributed by atoms with van der Waals surface area (Å²) in [6.07, 6.45) is 7.04. The molecule has 1 aliphatic rings. The van der Waals surface area contributed by atoms with Gasteiger partial charge in [0.25, 0.3) is 0 Å². The van der Waals surface area contributed by atoms with Crippen LogP contribution in [0.2, 0.25) is 0 Å². The number of hydrogen-bond donors (Lipinski definition) is 0. The lowest BCUT2D eigenvalue weighted by molar-refractivity contribution is 0.312. The zero-order chi connectivity index (χ0) is 13.1. The molecular formula is C14H17N5. The third kappa shape index (κ3) is 2.56. The molecule has 0 bridgehead atoms. The predicted molar refractivity (Wildman–Crippen MR) is 75.0 cm³/mol. The number of hydrogen-bond acceptors (Lipinski definition) is 5. The lowest BCUT2D eigenvalue weighted by Gasteiger charge is -2.34. The Morgan fingerprint density at radius 1 is 1.00 bits per heavy atom. The standard InChI is InChI=1S/C14H17N5/c1-18-7-9-19(10-8-18)14-12(3-2-4-17-14)13-11-15-5-6-16-13/h2-6,11H,7-10H2,1H3. The van der Waals surface area contributed by atoms with Gasteiger partial charge < -0.3 is 9.80 Å². The summed E-state index contributed by atoms with van der Waals surface area (Å²) in [5.41, 5.74) is 1.93. The van der Waals surface area contributed by atoms with Gasteiger partial charge in [-0.2, -0.15) is 0 Å². The van der Waals surface area contributed by atoms with Gasteiger partial charge in [-0.1, -0.05) is 0 Å². The van der Waals surface area contributed by atoms with Crippen molar-refractivity contribution in [2.45, 2.75) is 0 Å². The molecule has 3 rings (SSSR count). The van der Waals surface area contributed by atoms with Gasteiger partial charge in [-0.25, -0.2) is 4.98 Å². The largest absolute Gasteiger partial charge is 0.353 e. The molecule has 0 radical (unpaired) electrons. The third-order valence-electron chi connectivity index (χ3n) is 3.43. The van der Waals surface area contributed by atoms with Gasteiger partial charge in [0.15, 0.2) is 0 Å². The van der Waals surface area contributed by atoms with E-state index < -0.39 is 0 Å². The molecule has 0 atom stereocenters. The first-order valence-corrected chi connectivity index (χ1v) is 6.49. The summed E-state index contributed by atoms with van der Waals surface area (Å²) in [5, 5.41) is 0. The predicted octanol–water partition coefficient (Wildman–Crippen LogP) is 1.29. The first kappa shape index (κ1) is 12.0. The Bertz CT molecular complexity index is 535. The Kier molecular flexibility index (Phi) is 3.37. The van der Waals surface area contributed by atoms with Crippen molar-refractivity contribution >= 4 is 5.82 Å². The summed E-state index contributed by atoms with van der Waals surface area (Å²) in [5.74, 6) is 1.01. The highest BCUT2D eigenvalue weighted by atomic mass is 15.3. The summed E-state index contributed by atoms with van der Waals surface area (Å²) in [6, 6.07) is 4.01. The first-order chi connectivity index (χ1) is 9.34. The van der Waals surface area contributed by atoms with Crippen molar-refractivity contribution in [1.82, 2.24) is 19.9 Å². The molecule has 2 aromatic heterocycles. The van der Waals surface area contributed by atoms with E-state index in [0.717, 1.165) is 43.3 Å². The average Bonchev–Trinajstić information content (AvgIpc) is 2.49. The zero-order valence-corrected chi connectivity index (χ0v) is 11.0. The molecule has 5 nitrogen and oxygen atoms in total. The van der Waals surface area contributed by atoms with Crippen molar-refractivity contribution in [3.63, 3.8) is 0 Å². The molecule has 0 saturated carbocycles. The van der Waals surface area contributed by atoms with Gasteiger partial charge in [0.1, 0.15) is 5.82 Å². The van der Waals surface area contributed by atoms with Gasteiger partial charge in [0, 0.05) is 50.3 Å². The Balaban J connectivity index is 1.94. The second-order valence-corrected chi connectivity index (χ2v) is 4.76. The van der Waals surface area contributed by atoms with Crippen LogP contribution in [-0.4, -0.2) is 53.1 Å². The second-order valence-electron chi connectivity index (χ2n) is 4.76. The van der Waals surface area contributed by atoms with Crippen LogP contribution in [0.1, 0.15) is 0 Å². The quantitative estimate of drug-likeness (QED) is 0.809. The summed E-state index contributed by atoms with van der Waals surface area (Å²) >= 11 is 0. The molecule has 19 heavy (non-hydrogen) atoms. The SMILES string of the molecule is CN1CCN(c2ncccc2-c2cnccn2)CC1. The number of nitrogens with zero attached hydrogens (tertiary/aromatic N) is 5. The summed E-state index contributed by atoms with van der Waals surface area (Å²) < 4.78 is 0. The topological polar surface area (TPSA) is 45.2 Å². The van der Waals surface area contributed by atoms with E-state index in [1.165, 1.54) is 0 Å². The van der Waals surface area contributed by atoms with Crippen molar-refractivity contribution in [3.8, 4) is 11.3 Å². The Morgan fingerprint density at radius 3 is 2.58 bits per heavy atom.